The van der Waals surface area contributed by atoms with Gasteiger partial charge in [-0.25, -0.2) is 4.90 Å². The molecule has 0 fully saturated rings. The van der Waals surface area contributed by atoms with E-state index in [4.69, 9.17) is 4.74 Å². The molecule has 0 aromatic heterocycles. The second-order valence-electron chi connectivity index (χ2n) is 5.09. The van der Waals surface area contributed by atoms with Crippen molar-refractivity contribution < 1.29 is 29.2 Å². The Morgan fingerprint density at radius 3 is 2.28 bits per heavy atom. The first-order chi connectivity index (χ1) is 11.9. The third-order valence-corrected chi connectivity index (χ3v) is 3.53. The summed E-state index contributed by atoms with van der Waals surface area (Å²) in [7, 11) is 0. The maximum Gasteiger partial charge on any atom is 0.270 e. The van der Waals surface area contributed by atoms with Gasteiger partial charge in [-0.3, -0.25) is 19.7 Å². The van der Waals surface area contributed by atoms with Gasteiger partial charge in [0.05, 0.1) is 27.7 Å². The second kappa shape index (κ2) is 6.04. The zero-order valence-electron chi connectivity index (χ0n) is 12.5. The minimum Gasteiger partial charge on any atom is -0.546 e. The van der Waals surface area contributed by atoms with Crippen LogP contribution in [0.2, 0.25) is 0 Å². The number of fused-ring (bicyclic) bond motifs is 1. The van der Waals surface area contributed by atoms with Gasteiger partial charge in [-0.2, -0.15) is 0 Å². The van der Waals surface area contributed by atoms with Crippen LogP contribution < -0.4 is 14.7 Å². The predicted octanol–water partition coefficient (Wildman–Crippen LogP) is 0.524. The molecule has 0 saturated carbocycles. The number of nitro benzene ring substituents is 1. The lowest BCUT2D eigenvalue weighted by Gasteiger charge is -2.14. The Kier molecular flexibility index (Phi) is 3.89. The van der Waals surface area contributed by atoms with Crippen molar-refractivity contribution in [2.75, 3.05) is 11.5 Å². The molecular formula is C16H9N2O7-. The number of nitrogens with zero attached hydrogens (tertiary/aromatic N) is 2. The Bertz CT molecular complexity index is 905. The molecule has 126 valence electrons. The Labute approximate surface area is 140 Å². The van der Waals surface area contributed by atoms with Crippen LogP contribution in [-0.4, -0.2) is 29.3 Å². The highest BCUT2D eigenvalue weighted by molar-refractivity contribution is 6.34. The lowest BCUT2D eigenvalue weighted by Crippen LogP contribution is -2.29. The van der Waals surface area contributed by atoms with Crippen LogP contribution >= 0.6 is 0 Å². The van der Waals surface area contributed by atoms with Crippen LogP contribution in [0.1, 0.15) is 20.7 Å². The van der Waals surface area contributed by atoms with E-state index in [1.54, 1.807) is 0 Å². The number of carboxylic acids is 1. The highest BCUT2D eigenvalue weighted by Crippen LogP contribution is 2.31. The number of anilines is 1. The zero-order valence-corrected chi connectivity index (χ0v) is 12.5. The smallest absolute Gasteiger partial charge is 0.270 e. The van der Waals surface area contributed by atoms with E-state index in [9.17, 15) is 29.6 Å². The predicted molar refractivity (Wildman–Crippen MR) is 81.2 cm³/mol. The van der Waals surface area contributed by atoms with Crippen LogP contribution in [0, 0.1) is 10.1 Å². The number of rotatable bonds is 5. The van der Waals surface area contributed by atoms with Crippen molar-refractivity contribution in [2.45, 2.75) is 0 Å². The van der Waals surface area contributed by atoms with E-state index in [2.05, 4.69) is 0 Å². The first-order valence-electron chi connectivity index (χ1n) is 6.98. The van der Waals surface area contributed by atoms with Crippen molar-refractivity contribution in [3.05, 3.63) is 63.7 Å². The van der Waals surface area contributed by atoms with Gasteiger partial charge in [-0.1, -0.05) is 0 Å². The maximum atomic E-state index is 12.4. The molecule has 9 heteroatoms. The molecule has 0 atom stereocenters. The largest absolute Gasteiger partial charge is 0.546 e. The minimum atomic E-state index is -1.38. The van der Waals surface area contributed by atoms with Gasteiger partial charge in [0.15, 0.2) is 0 Å². The molecule has 0 saturated heterocycles. The molecule has 25 heavy (non-hydrogen) atoms. The number of nitro groups is 1. The SMILES string of the molecule is O=C([O-])COc1ccc(N2C(=O)c3ccc([N+](=O)[O-])cc3C2=O)cc1. The molecule has 0 N–H and O–H groups in total. The van der Waals surface area contributed by atoms with E-state index in [0.717, 1.165) is 17.0 Å². The molecule has 1 aliphatic rings. The number of hydrogen-bond donors (Lipinski definition) is 0. The van der Waals surface area contributed by atoms with E-state index in [-0.39, 0.29) is 28.3 Å². The number of carbonyl (C=O) groups is 3. The zero-order chi connectivity index (χ0) is 18.1. The molecule has 0 spiro atoms. The topological polar surface area (TPSA) is 130 Å². The first-order valence-corrected chi connectivity index (χ1v) is 6.98. The van der Waals surface area contributed by atoms with Gasteiger partial charge < -0.3 is 14.6 Å². The van der Waals surface area contributed by atoms with Crippen LogP contribution in [0.4, 0.5) is 11.4 Å². The van der Waals surface area contributed by atoms with Crippen molar-refractivity contribution in [1.82, 2.24) is 0 Å². The van der Waals surface area contributed by atoms with Crippen LogP contribution in [0.3, 0.4) is 0 Å². The summed E-state index contributed by atoms with van der Waals surface area (Å²) in [6.45, 7) is -0.629. The lowest BCUT2D eigenvalue weighted by molar-refractivity contribution is -0.384. The van der Waals surface area contributed by atoms with E-state index in [1.807, 2.05) is 0 Å². The van der Waals surface area contributed by atoms with Crippen LogP contribution in [0.25, 0.3) is 0 Å². The van der Waals surface area contributed by atoms with Crippen molar-refractivity contribution >= 4 is 29.2 Å². The third kappa shape index (κ3) is 2.90. The van der Waals surface area contributed by atoms with Gasteiger partial charge in [-0.15, -0.1) is 0 Å². The van der Waals surface area contributed by atoms with Crippen LogP contribution in [0.5, 0.6) is 5.75 Å². The fourth-order valence-corrected chi connectivity index (χ4v) is 2.41. The average molecular weight is 341 g/mol. The van der Waals surface area contributed by atoms with Crippen molar-refractivity contribution in [3.8, 4) is 5.75 Å². The quantitative estimate of drug-likeness (QED) is 0.440. The molecule has 2 aromatic carbocycles. The monoisotopic (exact) mass is 341 g/mol. The molecule has 1 aliphatic heterocycles. The molecule has 3 rings (SSSR count). The third-order valence-electron chi connectivity index (χ3n) is 3.53. The number of benzene rings is 2. The van der Waals surface area contributed by atoms with Gasteiger partial charge >= 0.3 is 0 Å². The van der Waals surface area contributed by atoms with E-state index < -0.39 is 29.3 Å². The Hall–Kier alpha value is -3.75. The number of hydrogen-bond acceptors (Lipinski definition) is 7. The Morgan fingerprint density at radius 1 is 1.04 bits per heavy atom. The van der Waals surface area contributed by atoms with E-state index in [1.165, 1.54) is 30.3 Å². The summed E-state index contributed by atoms with van der Waals surface area (Å²) in [4.78, 5) is 46.3. The fourth-order valence-electron chi connectivity index (χ4n) is 2.41. The first kappa shape index (κ1) is 16.1. The standard InChI is InChI=1S/C16H10N2O7/c19-14(20)8-25-11-4-1-9(2-5-11)17-15(21)12-6-3-10(18(23)24)7-13(12)16(17)22/h1-7H,8H2,(H,19,20)/p-1. The summed E-state index contributed by atoms with van der Waals surface area (Å²) in [5.74, 6) is -2.43. The summed E-state index contributed by atoms with van der Waals surface area (Å²) in [6, 6.07) is 9.05. The molecule has 1 heterocycles. The van der Waals surface area contributed by atoms with Gasteiger partial charge in [0, 0.05) is 12.1 Å². The van der Waals surface area contributed by atoms with Crippen LogP contribution in [0.15, 0.2) is 42.5 Å². The molecule has 0 aliphatic carbocycles. The van der Waals surface area contributed by atoms with E-state index in [0.29, 0.717) is 0 Å². The van der Waals surface area contributed by atoms with Crippen molar-refractivity contribution in [1.29, 1.82) is 0 Å². The molecule has 0 radical (unpaired) electrons. The Morgan fingerprint density at radius 2 is 1.68 bits per heavy atom. The summed E-state index contributed by atoms with van der Waals surface area (Å²) >= 11 is 0. The number of amides is 2. The number of carboxylic acid groups (broad SMARTS) is 1. The summed E-state index contributed by atoms with van der Waals surface area (Å²) < 4.78 is 4.92. The van der Waals surface area contributed by atoms with Gasteiger partial charge in [0.2, 0.25) is 0 Å². The molecule has 9 nitrogen and oxygen atoms in total. The van der Waals surface area contributed by atoms with Crippen molar-refractivity contribution in [2.24, 2.45) is 0 Å². The summed E-state index contributed by atoms with van der Waals surface area (Å²) in [5.41, 5.74) is -0.0215. The summed E-state index contributed by atoms with van der Waals surface area (Å²) in [6.07, 6.45) is 0. The normalized spacial score (nSPS) is 12.9. The minimum absolute atomic E-state index is 0.0449. The summed E-state index contributed by atoms with van der Waals surface area (Å²) in [5, 5.41) is 21.2. The van der Waals surface area contributed by atoms with Crippen molar-refractivity contribution in [3.63, 3.8) is 0 Å². The number of non-ortho nitro benzene ring substituents is 1. The second-order valence-corrected chi connectivity index (χ2v) is 5.09. The van der Waals surface area contributed by atoms with Gasteiger partial charge in [0.1, 0.15) is 12.4 Å². The Balaban J connectivity index is 1.88. The fraction of sp³-hybridized carbons (Fsp3) is 0.0625. The van der Waals surface area contributed by atoms with Gasteiger partial charge in [0.25, 0.3) is 17.5 Å². The molecule has 2 amide bonds. The van der Waals surface area contributed by atoms with Gasteiger partial charge in [-0.05, 0) is 30.3 Å². The number of aliphatic carboxylic acids is 1. The number of ether oxygens (including phenoxy) is 1. The van der Waals surface area contributed by atoms with E-state index >= 15 is 0 Å². The molecule has 2 aromatic rings. The molecule has 0 bridgehead atoms. The number of carbonyl (C=O) groups excluding carboxylic acids is 3. The highest BCUT2D eigenvalue weighted by atomic mass is 16.6. The molecule has 0 unspecified atom stereocenters. The average Bonchev–Trinajstić information content (AvgIpc) is 2.84. The number of imide groups is 1. The highest BCUT2D eigenvalue weighted by Gasteiger charge is 2.37. The molecular weight excluding hydrogens is 332 g/mol. The maximum absolute atomic E-state index is 12.4. The van der Waals surface area contributed by atoms with Crippen LogP contribution in [-0.2, 0) is 4.79 Å². The lowest BCUT2D eigenvalue weighted by atomic mass is 10.1.